The first-order valence-corrected chi connectivity index (χ1v) is 12.0. The smallest absolute Gasteiger partial charge is 0.243 e. The number of nitrogens with one attached hydrogen (secondary N) is 1. The summed E-state index contributed by atoms with van der Waals surface area (Å²) in [7, 11) is -3.73. The van der Waals surface area contributed by atoms with Crippen LogP contribution in [0, 0.1) is 11.7 Å². The van der Waals surface area contributed by atoms with Crippen LogP contribution < -0.4 is 5.32 Å². The van der Waals surface area contributed by atoms with Gasteiger partial charge in [0.05, 0.1) is 10.8 Å². The number of piperidine rings is 1. The molecule has 1 saturated heterocycles. The lowest BCUT2D eigenvalue weighted by Crippen LogP contribution is -2.46. The van der Waals surface area contributed by atoms with Crippen LogP contribution in [0.25, 0.3) is 0 Å². The van der Waals surface area contributed by atoms with Crippen molar-refractivity contribution >= 4 is 15.9 Å². The molecule has 0 spiro atoms. The van der Waals surface area contributed by atoms with Gasteiger partial charge in [0.2, 0.25) is 15.9 Å². The molecule has 2 unspecified atom stereocenters. The van der Waals surface area contributed by atoms with E-state index >= 15 is 0 Å². The lowest BCUT2D eigenvalue weighted by Gasteiger charge is -2.32. The maximum atomic E-state index is 13.2. The Morgan fingerprint density at radius 2 is 1.83 bits per heavy atom. The van der Waals surface area contributed by atoms with Gasteiger partial charge in [0.1, 0.15) is 5.82 Å². The molecule has 1 heterocycles. The average molecular weight is 431 g/mol. The van der Waals surface area contributed by atoms with E-state index in [0.717, 1.165) is 31.4 Å². The standard InChI is InChI=1S/C23H27FN2O3S/c24-20-10-12-21(13-11-20)30(28,29)26-14-4-8-19(16-26)23(27)25-15-18-7-3-6-17-5-1-2-9-22(17)18/h1-2,5,9-13,18-19H,3-4,6-8,14-16H2,(H,25,27). The van der Waals surface area contributed by atoms with Crippen molar-refractivity contribution in [2.75, 3.05) is 19.6 Å². The van der Waals surface area contributed by atoms with Gasteiger partial charge in [0, 0.05) is 25.6 Å². The highest BCUT2D eigenvalue weighted by Crippen LogP contribution is 2.31. The van der Waals surface area contributed by atoms with E-state index in [-0.39, 0.29) is 23.3 Å². The summed E-state index contributed by atoms with van der Waals surface area (Å²) in [4.78, 5) is 12.9. The highest BCUT2D eigenvalue weighted by molar-refractivity contribution is 7.89. The number of carbonyl (C=O) groups excluding carboxylic acids is 1. The molecule has 0 aromatic heterocycles. The minimum Gasteiger partial charge on any atom is -0.355 e. The van der Waals surface area contributed by atoms with Gasteiger partial charge in [-0.05, 0) is 67.5 Å². The minimum absolute atomic E-state index is 0.0590. The van der Waals surface area contributed by atoms with Gasteiger partial charge in [-0.25, -0.2) is 12.8 Å². The van der Waals surface area contributed by atoms with Crippen LogP contribution in [-0.4, -0.2) is 38.3 Å². The van der Waals surface area contributed by atoms with E-state index in [2.05, 4.69) is 23.5 Å². The van der Waals surface area contributed by atoms with Gasteiger partial charge in [-0.2, -0.15) is 4.31 Å². The van der Waals surface area contributed by atoms with Crippen molar-refractivity contribution < 1.29 is 17.6 Å². The summed E-state index contributed by atoms with van der Waals surface area (Å²) in [5.41, 5.74) is 2.67. The number of rotatable bonds is 5. The van der Waals surface area contributed by atoms with Crippen LogP contribution in [0.4, 0.5) is 4.39 Å². The lowest BCUT2D eigenvalue weighted by atomic mass is 9.83. The van der Waals surface area contributed by atoms with Crippen LogP contribution >= 0.6 is 0 Å². The highest BCUT2D eigenvalue weighted by Gasteiger charge is 2.33. The van der Waals surface area contributed by atoms with E-state index < -0.39 is 15.8 Å². The topological polar surface area (TPSA) is 66.5 Å². The lowest BCUT2D eigenvalue weighted by molar-refractivity contribution is -0.126. The minimum atomic E-state index is -3.73. The number of hydrogen-bond acceptors (Lipinski definition) is 3. The first-order valence-electron chi connectivity index (χ1n) is 10.6. The summed E-state index contributed by atoms with van der Waals surface area (Å²) in [5.74, 6) is -0.624. The van der Waals surface area contributed by atoms with Crippen molar-refractivity contribution in [2.24, 2.45) is 5.92 Å². The van der Waals surface area contributed by atoms with E-state index in [1.165, 1.54) is 27.6 Å². The molecule has 5 nitrogen and oxygen atoms in total. The Balaban J connectivity index is 1.39. The highest BCUT2D eigenvalue weighted by atomic mass is 32.2. The second kappa shape index (κ2) is 8.86. The Kier molecular flexibility index (Phi) is 6.20. The van der Waals surface area contributed by atoms with E-state index in [9.17, 15) is 17.6 Å². The molecule has 1 N–H and O–H groups in total. The number of nitrogens with zero attached hydrogens (tertiary/aromatic N) is 1. The quantitative estimate of drug-likeness (QED) is 0.790. The third kappa shape index (κ3) is 4.42. The van der Waals surface area contributed by atoms with E-state index in [4.69, 9.17) is 0 Å². The van der Waals surface area contributed by atoms with Crippen LogP contribution in [0.2, 0.25) is 0 Å². The Morgan fingerprint density at radius 1 is 1.07 bits per heavy atom. The van der Waals surface area contributed by atoms with Crippen LogP contribution in [0.5, 0.6) is 0 Å². The van der Waals surface area contributed by atoms with Crippen LogP contribution in [-0.2, 0) is 21.2 Å². The number of aryl methyl sites for hydroxylation is 1. The third-order valence-electron chi connectivity index (χ3n) is 6.22. The van der Waals surface area contributed by atoms with Gasteiger partial charge in [-0.3, -0.25) is 4.79 Å². The molecule has 30 heavy (non-hydrogen) atoms. The van der Waals surface area contributed by atoms with Gasteiger partial charge in [0.25, 0.3) is 0 Å². The van der Waals surface area contributed by atoms with E-state index in [1.54, 1.807) is 0 Å². The molecule has 1 aliphatic carbocycles. The number of sulfonamides is 1. The Hall–Kier alpha value is -2.25. The summed E-state index contributed by atoms with van der Waals surface area (Å²) in [5, 5.41) is 3.07. The molecule has 4 rings (SSSR count). The van der Waals surface area contributed by atoms with Crippen LogP contribution in [0.3, 0.4) is 0 Å². The maximum Gasteiger partial charge on any atom is 0.243 e. The number of carbonyl (C=O) groups is 1. The second-order valence-corrected chi connectivity index (χ2v) is 10.1. The molecule has 160 valence electrons. The average Bonchev–Trinajstić information content (AvgIpc) is 2.78. The molecule has 1 aliphatic heterocycles. The fourth-order valence-electron chi connectivity index (χ4n) is 4.57. The molecule has 0 radical (unpaired) electrons. The van der Waals surface area contributed by atoms with Crippen molar-refractivity contribution in [2.45, 2.75) is 42.9 Å². The fraction of sp³-hybridized carbons (Fsp3) is 0.435. The van der Waals surface area contributed by atoms with Gasteiger partial charge >= 0.3 is 0 Å². The summed E-state index contributed by atoms with van der Waals surface area (Å²) in [6.45, 7) is 1.11. The molecule has 2 aromatic carbocycles. The Morgan fingerprint density at radius 3 is 2.63 bits per heavy atom. The molecule has 1 amide bonds. The second-order valence-electron chi connectivity index (χ2n) is 8.19. The molecule has 7 heteroatoms. The third-order valence-corrected chi connectivity index (χ3v) is 8.10. The molecular formula is C23H27FN2O3S. The predicted molar refractivity (Wildman–Crippen MR) is 113 cm³/mol. The van der Waals surface area contributed by atoms with Gasteiger partial charge in [-0.15, -0.1) is 0 Å². The number of fused-ring (bicyclic) bond motifs is 1. The number of benzene rings is 2. The first kappa shape index (κ1) is 21.0. The van der Waals surface area contributed by atoms with Crippen LogP contribution in [0.15, 0.2) is 53.4 Å². The normalized spacial score (nSPS) is 22.3. The zero-order chi connectivity index (χ0) is 21.1. The van der Waals surface area contributed by atoms with Gasteiger partial charge < -0.3 is 5.32 Å². The van der Waals surface area contributed by atoms with Crippen molar-refractivity contribution in [3.63, 3.8) is 0 Å². The number of hydrogen-bond donors (Lipinski definition) is 1. The molecule has 0 bridgehead atoms. The largest absolute Gasteiger partial charge is 0.355 e. The Bertz CT molecular complexity index is 1010. The summed E-state index contributed by atoms with van der Waals surface area (Å²) >= 11 is 0. The number of amides is 1. The van der Waals surface area contributed by atoms with E-state index in [0.29, 0.717) is 31.8 Å². The molecule has 2 aliphatic rings. The van der Waals surface area contributed by atoms with Crippen molar-refractivity contribution in [1.82, 2.24) is 9.62 Å². The SMILES string of the molecule is O=C(NCC1CCCc2ccccc21)C1CCCN(S(=O)(=O)c2ccc(F)cc2)C1. The number of halogens is 1. The van der Waals surface area contributed by atoms with Crippen molar-refractivity contribution in [3.8, 4) is 0 Å². The Labute approximate surface area is 177 Å². The van der Waals surface area contributed by atoms with Crippen LogP contribution in [0.1, 0.15) is 42.7 Å². The maximum absolute atomic E-state index is 13.2. The predicted octanol–water partition coefficient (Wildman–Crippen LogP) is 3.46. The molecular weight excluding hydrogens is 403 g/mol. The molecule has 2 aromatic rings. The molecule has 2 atom stereocenters. The van der Waals surface area contributed by atoms with E-state index in [1.807, 2.05) is 6.07 Å². The summed E-state index contributed by atoms with van der Waals surface area (Å²) in [6.07, 6.45) is 4.55. The monoisotopic (exact) mass is 430 g/mol. The zero-order valence-corrected chi connectivity index (χ0v) is 17.7. The molecule has 0 saturated carbocycles. The van der Waals surface area contributed by atoms with Gasteiger partial charge in [0.15, 0.2) is 0 Å². The summed E-state index contributed by atoms with van der Waals surface area (Å²) < 4.78 is 40.3. The first-order chi connectivity index (χ1) is 14.4. The zero-order valence-electron chi connectivity index (χ0n) is 16.9. The van der Waals surface area contributed by atoms with Crippen molar-refractivity contribution in [1.29, 1.82) is 0 Å². The van der Waals surface area contributed by atoms with Gasteiger partial charge in [-0.1, -0.05) is 24.3 Å². The van der Waals surface area contributed by atoms with Crippen molar-refractivity contribution in [3.05, 3.63) is 65.5 Å². The molecule has 1 fully saturated rings. The summed E-state index contributed by atoms with van der Waals surface area (Å²) in [6, 6.07) is 13.2. The fourth-order valence-corrected chi connectivity index (χ4v) is 6.09.